The number of hydrazone groups is 1. The molecule has 7 nitrogen and oxygen atoms in total. The number of esters is 1. The Morgan fingerprint density at radius 2 is 1.67 bits per heavy atom. The van der Waals surface area contributed by atoms with Crippen LogP contribution in [0.25, 0.3) is 0 Å². The molecule has 0 radical (unpaired) electrons. The molecule has 1 N–H and O–H groups in total. The summed E-state index contributed by atoms with van der Waals surface area (Å²) >= 11 is 6.02. The predicted molar refractivity (Wildman–Crippen MR) is 127 cm³/mol. The molecule has 0 aliphatic rings. The molecule has 1 amide bonds. The van der Waals surface area contributed by atoms with Gasteiger partial charge >= 0.3 is 5.97 Å². The zero-order valence-corrected chi connectivity index (χ0v) is 19.0. The van der Waals surface area contributed by atoms with Gasteiger partial charge in [-0.2, -0.15) is 5.10 Å². The van der Waals surface area contributed by atoms with Crippen molar-refractivity contribution in [3.05, 3.63) is 88.4 Å². The van der Waals surface area contributed by atoms with Gasteiger partial charge in [0, 0.05) is 0 Å². The summed E-state index contributed by atoms with van der Waals surface area (Å²) in [5.74, 6) is 0.371. The average Bonchev–Trinajstić information content (AvgIpc) is 2.81. The molecule has 0 atom stereocenters. The van der Waals surface area contributed by atoms with Crippen molar-refractivity contribution in [3.63, 3.8) is 0 Å². The Balaban J connectivity index is 1.69. The van der Waals surface area contributed by atoms with Gasteiger partial charge in [0.25, 0.3) is 5.91 Å². The Hall–Kier alpha value is -3.84. The summed E-state index contributed by atoms with van der Waals surface area (Å²) in [6.45, 7) is 4.62. The Morgan fingerprint density at radius 3 is 2.36 bits per heavy atom. The maximum Gasteiger partial charge on any atom is 0.343 e. The third-order valence-corrected chi connectivity index (χ3v) is 4.70. The van der Waals surface area contributed by atoms with E-state index in [0.717, 1.165) is 0 Å². The van der Waals surface area contributed by atoms with Crippen molar-refractivity contribution in [2.45, 2.75) is 13.8 Å². The molecular formula is C25H23ClN2O5. The maximum absolute atomic E-state index is 12.5. The molecule has 0 aromatic heterocycles. The van der Waals surface area contributed by atoms with Gasteiger partial charge in [0.2, 0.25) is 0 Å². The topological polar surface area (TPSA) is 86.2 Å². The molecule has 33 heavy (non-hydrogen) atoms. The quantitative estimate of drug-likeness (QED) is 0.205. The van der Waals surface area contributed by atoms with E-state index >= 15 is 0 Å². The molecule has 170 valence electrons. The smallest absolute Gasteiger partial charge is 0.343 e. The number of amides is 1. The highest BCUT2D eigenvalue weighted by atomic mass is 35.5. The largest absolute Gasteiger partial charge is 0.494 e. The zero-order chi connectivity index (χ0) is 23.6. The monoisotopic (exact) mass is 466 g/mol. The Labute approximate surface area is 196 Å². The summed E-state index contributed by atoms with van der Waals surface area (Å²) in [5.41, 5.74) is 3.77. The van der Waals surface area contributed by atoms with E-state index in [1.807, 2.05) is 13.8 Å². The third kappa shape index (κ3) is 6.57. The number of nitrogens with zero attached hydrogens (tertiary/aromatic N) is 1. The van der Waals surface area contributed by atoms with Crippen LogP contribution < -0.4 is 19.6 Å². The molecule has 0 heterocycles. The van der Waals surface area contributed by atoms with Crippen molar-refractivity contribution in [1.82, 2.24) is 5.43 Å². The van der Waals surface area contributed by atoms with Crippen molar-refractivity contribution in [1.29, 1.82) is 0 Å². The molecule has 8 heteroatoms. The third-order valence-electron chi connectivity index (χ3n) is 4.37. The summed E-state index contributed by atoms with van der Waals surface area (Å²) in [6, 6.07) is 18.3. The van der Waals surface area contributed by atoms with Crippen molar-refractivity contribution < 1.29 is 23.8 Å². The Morgan fingerprint density at radius 1 is 0.939 bits per heavy atom. The van der Waals surface area contributed by atoms with Crippen LogP contribution in [0.2, 0.25) is 5.02 Å². The second-order valence-corrected chi connectivity index (χ2v) is 7.07. The molecule has 3 aromatic rings. The molecule has 3 rings (SSSR count). The van der Waals surface area contributed by atoms with E-state index in [-0.39, 0.29) is 5.75 Å². The molecule has 0 saturated carbocycles. The van der Waals surface area contributed by atoms with Gasteiger partial charge in [-0.1, -0.05) is 23.7 Å². The van der Waals surface area contributed by atoms with Gasteiger partial charge in [0.15, 0.2) is 11.5 Å². The number of carbonyl (C=O) groups is 2. The van der Waals surface area contributed by atoms with Gasteiger partial charge in [-0.15, -0.1) is 0 Å². The molecule has 0 unspecified atom stereocenters. The van der Waals surface area contributed by atoms with Crippen molar-refractivity contribution in [2.75, 3.05) is 13.2 Å². The minimum atomic E-state index is -0.521. The number of rotatable bonds is 9. The lowest BCUT2D eigenvalue weighted by Gasteiger charge is -2.11. The van der Waals surface area contributed by atoms with Crippen LogP contribution in [-0.2, 0) is 0 Å². The standard InChI is InChI=1S/C25H23ClN2O5/c1-3-31-19-12-10-18(11-13-19)25(30)33-22-14-9-17(15-23(22)32-4-2)16-27-28-24(29)20-7-5-6-8-21(20)26/h5-16H,3-4H2,1-2H3,(H,28,29)/b27-16+. The number of nitrogens with one attached hydrogen (secondary N) is 1. The van der Waals surface area contributed by atoms with Gasteiger partial charge in [-0.3, -0.25) is 4.79 Å². The van der Waals surface area contributed by atoms with Crippen molar-refractivity contribution in [3.8, 4) is 17.2 Å². The fraction of sp³-hybridized carbons (Fsp3) is 0.160. The van der Waals surface area contributed by atoms with E-state index in [2.05, 4.69) is 10.5 Å². The minimum absolute atomic E-state index is 0.271. The molecule has 0 fully saturated rings. The van der Waals surface area contributed by atoms with Crippen LogP contribution in [0.3, 0.4) is 0 Å². The van der Waals surface area contributed by atoms with E-state index in [4.69, 9.17) is 25.8 Å². The first-order valence-corrected chi connectivity index (χ1v) is 10.7. The molecule has 0 bridgehead atoms. The first-order valence-electron chi connectivity index (χ1n) is 10.3. The van der Waals surface area contributed by atoms with E-state index in [1.165, 1.54) is 6.21 Å². The minimum Gasteiger partial charge on any atom is -0.494 e. The molecule has 0 aliphatic heterocycles. The number of carbonyl (C=O) groups excluding carboxylic acids is 2. The summed E-state index contributed by atoms with van der Waals surface area (Å²) in [5, 5.41) is 4.30. The number of benzene rings is 3. The van der Waals surface area contributed by atoms with Gasteiger partial charge in [-0.25, -0.2) is 10.2 Å². The molecular weight excluding hydrogens is 444 g/mol. The lowest BCUT2D eigenvalue weighted by atomic mass is 10.2. The van der Waals surface area contributed by atoms with E-state index in [9.17, 15) is 9.59 Å². The van der Waals surface area contributed by atoms with Crippen LogP contribution in [0.5, 0.6) is 17.2 Å². The normalized spacial score (nSPS) is 10.6. The number of ether oxygens (including phenoxy) is 3. The Bertz CT molecular complexity index is 1150. The van der Waals surface area contributed by atoms with Gasteiger partial charge in [0.1, 0.15) is 5.75 Å². The second kappa shape index (κ2) is 11.7. The maximum atomic E-state index is 12.5. The first-order chi connectivity index (χ1) is 16.0. The highest BCUT2D eigenvalue weighted by Crippen LogP contribution is 2.29. The lowest BCUT2D eigenvalue weighted by Crippen LogP contribution is -2.17. The van der Waals surface area contributed by atoms with Crippen LogP contribution >= 0.6 is 11.6 Å². The van der Waals surface area contributed by atoms with Crippen molar-refractivity contribution in [2.24, 2.45) is 5.10 Å². The molecule has 0 spiro atoms. The molecule has 3 aromatic carbocycles. The zero-order valence-electron chi connectivity index (χ0n) is 18.2. The average molecular weight is 467 g/mol. The molecule has 0 aliphatic carbocycles. The highest BCUT2D eigenvalue weighted by molar-refractivity contribution is 6.33. The number of hydrogen-bond acceptors (Lipinski definition) is 6. The summed E-state index contributed by atoms with van der Waals surface area (Å²) < 4.78 is 16.5. The highest BCUT2D eigenvalue weighted by Gasteiger charge is 2.14. The van der Waals surface area contributed by atoms with Crippen LogP contribution in [0.4, 0.5) is 0 Å². The van der Waals surface area contributed by atoms with Crippen LogP contribution in [0.1, 0.15) is 40.1 Å². The summed E-state index contributed by atoms with van der Waals surface area (Å²) in [7, 11) is 0. The fourth-order valence-corrected chi connectivity index (χ4v) is 3.06. The van der Waals surface area contributed by atoms with Crippen LogP contribution in [0.15, 0.2) is 71.8 Å². The lowest BCUT2D eigenvalue weighted by molar-refractivity contribution is 0.0728. The van der Waals surface area contributed by atoms with Gasteiger partial charge in [-0.05, 0) is 74.0 Å². The van der Waals surface area contributed by atoms with Crippen molar-refractivity contribution >= 4 is 29.7 Å². The summed E-state index contributed by atoms with van der Waals surface area (Å²) in [6.07, 6.45) is 1.45. The van der Waals surface area contributed by atoms with E-state index < -0.39 is 11.9 Å². The van der Waals surface area contributed by atoms with E-state index in [0.29, 0.717) is 46.4 Å². The van der Waals surface area contributed by atoms with Gasteiger partial charge < -0.3 is 14.2 Å². The second-order valence-electron chi connectivity index (χ2n) is 6.67. The van der Waals surface area contributed by atoms with Gasteiger partial charge in [0.05, 0.1) is 35.6 Å². The number of hydrogen-bond donors (Lipinski definition) is 1. The first kappa shape index (κ1) is 23.8. The predicted octanol–water partition coefficient (Wildman–Crippen LogP) is 5.12. The molecule has 0 saturated heterocycles. The Kier molecular flexibility index (Phi) is 8.43. The van der Waals surface area contributed by atoms with Crippen LogP contribution in [-0.4, -0.2) is 31.3 Å². The van der Waals surface area contributed by atoms with E-state index in [1.54, 1.807) is 66.7 Å². The fourth-order valence-electron chi connectivity index (χ4n) is 2.84. The SMILES string of the molecule is CCOc1ccc(C(=O)Oc2ccc(/C=N/NC(=O)c3ccccc3Cl)cc2OCC)cc1. The summed E-state index contributed by atoms with van der Waals surface area (Å²) in [4.78, 5) is 24.7. The van der Waals surface area contributed by atoms with Crippen LogP contribution in [0, 0.1) is 0 Å². The number of halogens is 1.